The van der Waals surface area contributed by atoms with E-state index in [9.17, 15) is 19.2 Å². The summed E-state index contributed by atoms with van der Waals surface area (Å²) in [4.78, 5) is 47.3. The number of ketones is 2. The number of hydrogen-bond donors (Lipinski definition) is 0. The fraction of sp³-hybridized carbons (Fsp3) is 0.714. The first-order valence-electron chi connectivity index (χ1n) is 6.66. The van der Waals surface area contributed by atoms with Gasteiger partial charge in [-0.1, -0.05) is 20.8 Å². The Morgan fingerprint density at radius 3 is 1.84 bits per heavy atom. The minimum absolute atomic E-state index is 0.0133. The molecule has 1 atom stereocenters. The molecular formula is C14H22O5. The van der Waals surface area contributed by atoms with Gasteiger partial charge in [0.05, 0.1) is 0 Å². The Labute approximate surface area is 113 Å². The zero-order valence-corrected chi connectivity index (χ0v) is 12.1. The first-order valence-corrected chi connectivity index (χ1v) is 6.66. The van der Waals surface area contributed by atoms with E-state index < -0.39 is 28.9 Å². The molecule has 0 aromatic heterocycles. The second-order valence-electron chi connectivity index (χ2n) is 4.50. The molecule has 108 valence electrons. The molecule has 5 nitrogen and oxygen atoms in total. The molecule has 0 heterocycles. The molecule has 0 amide bonds. The van der Waals surface area contributed by atoms with Crippen LogP contribution >= 0.6 is 0 Å². The van der Waals surface area contributed by atoms with E-state index in [1.165, 1.54) is 6.92 Å². The lowest BCUT2D eigenvalue weighted by Gasteiger charge is -2.25. The van der Waals surface area contributed by atoms with Crippen LogP contribution in [0, 0.1) is 5.41 Å². The number of carbonyl (C=O) groups excluding carboxylic acids is 4. The van der Waals surface area contributed by atoms with Gasteiger partial charge in [-0.15, -0.1) is 0 Å². The molecule has 0 aromatic rings. The smallest absolute Gasteiger partial charge is 0.334 e. The number of ether oxygens (including phenoxy) is 1. The molecule has 0 rings (SSSR count). The highest BCUT2D eigenvalue weighted by atomic mass is 16.6. The fourth-order valence-corrected chi connectivity index (χ4v) is 1.93. The number of rotatable bonds is 8. The Balaban J connectivity index is 5.24. The molecule has 0 aromatic carbocycles. The summed E-state index contributed by atoms with van der Waals surface area (Å²) in [5, 5.41) is 0. The van der Waals surface area contributed by atoms with Crippen LogP contribution in [0.25, 0.3) is 0 Å². The fourth-order valence-electron chi connectivity index (χ4n) is 1.93. The Bertz CT molecular complexity index is 372. The number of carbonyl (C=O) groups is 4. The summed E-state index contributed by atoms with van der Waals surface area (Å²) in [6.45, 7) is 6.31. The third-order valence-corrected chi connectivity index (χ3v) is 3.09. The molecular weight excluding hydrogens is 248 g/mol. The molecule has 0 saturated carbocycles. The summed E-state index contributed by atoms with van der Waals surface area (Å²) >= 11 is 0. The summed E-state index contributed by atoms with van der Waals surface area (Å²) in [5.41, 5.74) is -1.82. The molecule has 0 aliphatic heterocycles. The molecule has 0 fully saturated rings. The topological polar surface area (TPSA) is 77.5 Å². The van der Waals surface area contributed by atoms with Gasteiger partial charge in [0.15, 0.2) is 17.0 Å². The molecule has 0 aliphatic rings. The van der Waals surface area contributed by atoms with Crippen LogP contribution in [0.4, 0.5) is 0 Å². The number of hydrogen-bond acceptors (Lipinski definition) is 5. The van der Waals surface area contributed by atoms with Crippen molar-refractivity contribution in [1.82, 2.24) is 0 Å². The van der Waals surface area contributed by atoms with Gasteiger partial charge in [0.1, 0.15) is 0 Å². The second-order valence-corrected chi connectivity index (χ2v) is 4.50. The van der Waals surface area contributed by atoms with Crippen LogP contribution in [0.2, 0.25) is 0 Å². The van der Waals surface area contributed by atoms with Crippen LogP contribution in [-0.4, -0.2) is 23.5 Å². The van der Waals surface area contributed by atoms with E-state index in [1.807, 2.05) is 0 Å². The maximum atomic E-state index is 12.1. The normalized spacial score (nSPS) is 13.5. The second kappa shape index (κ2) is 7.81. The van der Waals surface area contributed by atoms with Crippen LogP contribution in [0.5, 0.6) is 0 Å². The first-order chi connectivity index (χ1) is 8.86. The van der Waals surface area contributed by atoms with Crippen molar-refractivity contribution in [1.29, 1.82) is 0 Å². The monoisotopic (exact) mass is 270 g/mol. The van der Waals surface area contributed by atoms with E-state index in [4.69, 9.17) is 0 Å². The van der Waals surface area contributed by atoms with Crippen LogP contribution in [0.3, 0.4) is 0 Å². The molecule has 5 heteroatoms. The van der Waals surface area contributed by atoms with Crippen LogP contribution in [0.1, 0.15) is 59.8 Å². The highest BCUT2D eigenvalue weighted by Gasteiger charge is 2.50. The van der Waals surface area contributed by atoms with Crippen molar-refractivity contribution < 1.29 is 23.9 Å². The SMILES string of the molecule is CCCC(=O)OC(=O)C(CC)(C(C)=O)C(=O)CCC. The Kier molecular flexibility index (Phi) is 7.19. The average Bonchev–Trinajstić information content (AvgIpc) is 2.30. The molecule has 19 heavy (non-hydrogen) atoms. The van der Waals surface area contributed by atoms with Gasteiger partial charge >= 0.3 is 11.9 Å². The zero-order chi connectivity index (χ0) is 15.1. The Morgan fingerprint density at radius 2 is 1.47 bits per heavy atom. The van der Waals surface area contributed by atoms with Crippen molar-refractivity contribution in [3.63, 3.8) is 0 Å². The molecule has 1 unspecified atom stereocenters. The van der Waals surface area contributed by atoms with Gasteiger partial charge < -0.3 is 4.74 Å². The largest absolute Gasteiger partial charge is 0.392 e. The molecule has 0 radical (unpaired) electrons. The van der Waals surface area contributed by atoms with Gasteiger partial charge in [0.25, 0.3) is 0 Å². The molecule has 0 N–H and O–H groups in total. The van der Waals surface area contributed by atoms with Crippen molar-refractivity contribution in [2.75, 3.05) is 0 Å². The van der Waals surface area contributed by atoms with Crippen molar-refractivity contribution >= 4 is 23.5 Å². The highest BCUT2D eigenvalue weighted by Crippen LogP contribution is 2.29. The predicted octanol–water partition coefficient (Wildman–Crippen LogP) is 2.21. The molecule has 0 aliphatic carbocycles. The summed E-state index contributed by atoms with van der Waals surface area (Å²) < 4.78 is 4.66. The third-order valence-electron chi connectivity index (χ3n) is 3.09. The van der Waals surface area contributed by atoms with E-state index in [0.717, 1.165) is 0 Å². The summed E-state index contributed by atoms with van der Waals surface area (Å²) in [5.74, 6) is -2.77. The van der Waals surface area contributed by atoms with Gasteiger partial charge in [-0.3, -0.25) is 14.4 Å². The zero-order valence-electron chi connectivity index (χ0n) is 12.1. The number of Topliss-reactive ketones (excluding diaryl/α,β-unsaturated/α-hetero) is 2. The van der Waals surface area contributed by atoms with Gasteiger partial charge in [-0.2, -0.15) is 0 Å². The lowest BCUT2D eigenvalue weighted by Crippen LogP contribution is -2.46. The van der Waals surface area contributed by atoms with Crippen LogP contribution < -0.4 is 0 Å². The minimum Gasteiger partial charge on any atom is -0.392 e. The predicted molar refractivity (Wildman–Crippen MR) is 69.3 cm³/mol. The van der Waals surface area contributed by atoms with Crippen LogP contribution in [0.15, 0.2) is 0 Å². The standard InChI is InChI=1S/C14H22O5/c1-5-8-11(16)14(7-3,10(4)15)13(18)19-12(17)9-6-2/h5-9H2,1-4H3. The van der Waals surface area contributed by atoms with Gasteiger partial charge in [0, 0.05) is 12.8 Å². The molecule has 0 spiro atoms. The lowest BCUT2D eigenvalue weighted by molar-refractivity contribution is -0.171. The Hall–Kier alpha value is -1.52. The minimum atomic E-state index is -1.82. The van der Waals surface area contributed by atoms with Crippen molar-refractivity contribution in [3.05, 3.63) is 0 Å². The van der Waals surface area contributed by atoms with E-state index in [-0.39, 0.29) is 19.3 Å². The van der Waals surface area contributed by atoms with Crippen molar-refractivity contribution in [2.24, 2.45) is 5.41 Å². The molecule has 0 saturated heterocycles. The summed E-state index contributed by atoms with van der Waals surface area (Å²) in [7, 11) is 0. The highest BCUT2D eigenvalue weighted by molar-refractivity contribution is 6.22. The van der Waals surface area contributed by atoms with E-state index in [0.29, 0.717) is 12.8 Å². The van der Waals surface area contributed by atoms with E-state index in [2.05, 4.69) is 4.74 Å². The maximum absolute atomic E-state index is 12.1. The average molecular weight is 270 g/mol. The first kappa shape index (κ1) is 17.5. The van der Waals surface area contributed by atoms with Crippen LogP contribution in [-0.2, 0) is 23.9 Å². The van der Waals surface area contributed by atoms with E-state index in [1.54, 1.807) is 20.8 Å². The Morgan fingerprint density at radius 1 is 0.947 bits per heavy atom. The maximum Gasteiger partial charge on any atom is 0.334 e. The van der Waals surface area contributed by atoms with E-state index >= 15 is 0 Å². The quantitative estimate of drug-likeness (QED) is 0.499. The lowest BCUT2D eigenvalue weighted by atomic mass is 9.76. The van der Waals surface area contributed by atoms with Gasteiger partial charge in [-0.05, 0) is 26.2 Å². The summed E-state index contributed by atoms with van der Waals surface area (Å²) in [6.07, 6.45) is 1.29. The third kappa shape index (κ3) is 3.98. The van der Waals surface area contributed by atoms with Crippen molar-refractivity contribution in [2.45, 2.75) is 59.8 Å². The van der Waals surface area contributed by atoms with Crippen molar-refractivity contribution in [3.8, 4) is 0 Å². The van der Waals surface area contributed by atoms with Gasteiger partial charge in [0.2, 0.25) is 0 Å². The molecule has 0 bridgehead atoms. The van der Waals surface area contributed by atoms with Gasteiger partial charge in [-0.25, -0.2) is 4.79 Å². The summed E-state index contributed by atoms with van der Waals surface area (Å²) in [6, 6.07) is 0. The number of esters is 2.